The molecule has 148 valence electrons. The second-order valence-corrected chi connectivity index (χ2v) is 6.88. The monoisotopic (exact) mass is 417 g/mol. The summed E-state index contributed by atoms with van der Waals surface area (Å²) in [5.41, 5.74) is 2.03. The average Bonchev–Trinajstić information content (AvgIpc) is 3.06. The van der Waals surface area contributed by atoms with Gasteiger partial charge < -0.3 is 5.11 Å². The maximum absolute atomic E-state index is 13.3. The van der Waals surface area contributed by atoms with Crippen LogP contribution in [0, 0.1) is 0 Å². The van der Waals surface area contributed by atoms with Crippen molar-refractivity contribution in [3.8, 4) is 17.1 Å². The number of nitrogens with zero attached hydrogens (tertiary/aromatic N) is 3. The van der Waals surface area contributed by atoms with E-state index in [-0.39, 0.29) is 17.1 Å². The number of aliphatic hydroxyl groups is 1. The van der Waals surface area contributed by atoms with Gasteiger partial charge in [0.1, 0.15) is 5.82 Å². The Morgan fingerprint density at radius 1 is 1.07 bits per heavy atom. The van der Waals surface area contributed by atoms with Crippen molar-refractivity contribution < 1.29 is 18.3 Å². The molecule has 0 aliphatic carbocycles. The van der Waals surface area contributed by atoms with Crippen LogP contribution in [0.15, 0.2) is 60.9 Å². The number of rotatable bonds is 4. The van der Waals surface area contributed by atoms with Crippen molar-refractivity contribution in [1.29, 1.82) is 0 Å². The van der Waals surface area contributed by atoms with E-state index >= 15 is 0 Å². The van der Waals surface area contributed by atoms with Crippen molar-refractivity contribution in [2.24, 2.45) is 0 Å². The minimum atomic E-state index is -4.57. The summed E-state index contributed by atoms with van der Waals surface area (Å²) >= 11 is 5.97. The van der Waals surface area contributed by atoms with Crippen LogP contribution < -0.4 is 0 Å². The zero-order chi connectivity index (χ0) is 20.6. The van der Waals surface area contributed by atoms with Gasteiger partial charge >= 0.3 is 6.18 Å². The second kappa shape index (κ2) is 7.50. The minimum Gasteiger partial charge on any atom is -0.396 e. The summed E-state index contributed by atoms with van der Waals surface area (Å²) in [5.74, 6) is 0.457. The molecule has 0 unspecified atom stereocenters. The Kier molecular flexibility index (Phi) is 5.02. The lowest BCUT2D eigenvalue weighted by Gasteiger charge is -2.12. The molecule has 0 bridgehead atoms. The smallest absolute Gasteiger partial charge is 0.396 e. The number of fused-ring (bicyclic) bond motifs is 1. The molecule has 0 aliphatic rings. The van der Waals surface area contributed by atoms with E-state index in [1.807, 2.05) is 24.3 Å². The first-order chi connectivity index (χ1) is 13.9. The van der Waals surface area contributed by atoms with Crippen molar-refractivity contribution in [1.82, 2.24) is 14.5 Å². The fourth-order valence-corrected chi connectivity index (χ4v) is 3.47. The lowest BCUT2D eigenvalue weighted by atomic mass is 10.1. The van der Waals surface area contributed by atoms with Crippen molar-refractivity contribution in [2.45, 2.75) is 12.6 Å². The standard InChI is InChI=1S/C21H15ClF3N3O/c22-17-11-19-18(10-16(17)21(23,24)25)27-20(14-2-1-8-26-12-14)28(19)15-5-3-13(4-6-15)7-9-29/h1-6,8,10-12,29H,7,9H2. The van der Waals surface area contributed by atoms with E-state index in [1.54, 1.807) is 29.1 Å². The van der Waals surface area contributed by atoms with Crippen LogP contribution in [0.2, 0.25) is 5.02 Å². The highest BCUT2D eigenvalue weighted by Gasteiger charge is 2.34. The quantitative estimate of drug-likeness (QED) is 0.490. The molecule has 2 aromatic heterocycles. The predicted octanol–water partition coefficient (Wildman–Crippen LogP) is 5.29. The molecule has 0 spiro atoms. The van der Waals surface area contributed by atoms with Crippen LogP contribution in [0.1, 0.15) is 11.1 Å². The number of aliphatic hydroxyl groups excluding tert-OH is 1. The summed E-state index contributed by atoms with van der Waals surface area (Å²) in [4.78, 5) is 8.55. The number of hydrogen-bond donors (Lipinski definition) is 1. The molecule has 0 saturated carbocycles. The molecular formula is C21H15ClF3N3O. The van der Waals surface area contributed by atoms with E-state index < -0.39 is 11.7 Å². The average molecular weight is 418 g/mol. The van der Waals surface area contributed by atoms with Crippen molar-refractivity contribution in [3.05, 3.63) is 77.1 Å². The summed E-state index contributed by atoms with van der Waals surface area (Å²) in [6, 6.07) is 13.2. The van der Waals surface area contributed by atoms with Crippen molar-refractivity contribution in [3.63, 3.8) is 0 Å². The molecule has 0 aliphatic heterocycles. The first-order valence-electron chi connectivity index (χ1n) is 8.78. The van der Waals surface area contributed by atoms with Crippen LogP contribution in [-0.2, 0) is 12.6 Å². The molecule has 8 heteroatoms. The molecular weight excluding hydrogens is 403 g/mol. The van der Waals surface area contributed by atoms with Gasteiger partial charge in [0.2, 0.25) is 0 Å². The van der Waals surface area contributed by atoms with Crippen LogP contribution in [-0.4, -0.2) is 26.2 Å². The number of pyridine rings is 1. The van der Waals surface area contributed by atoms with Gasteiger partial charge in [0, 0.05) is 30.3 Å². The number of aromatic nitrogens is 3. The number of benzene rings is 2. The maximum atomic E-state index is 13.3. The summed E-state index contributed by atoms with van der Waals surface area (Å²) in [6.07, 6.45) is -0.848. The van der Waals surface area contributed by atoms with Gasteiger partial charge in [0.05, 0.1) is 21.6 Å². The van der Waals surface area contributed by atoms with Gasteiger partial charge in [0.15, 0.2) is 0 Å². The SMILES string of the molecule is OCCc1ccc(-n2c(-c3cccnc3)nc3cc(C(F)(F)F)c(Cl)cc32)cc1. The number of halogens is 4. The lowest BCUT2D eigenvalue weighted by molar-refractivity contribution is -0.137. The molecule has 0 amide bonds. The minimum absolute atomic E-state index is 0.0319. The van der Waals surface area contributed by atoms with Crippen LogP contribution in [0.4, 0.5) is 13.2 Å². The largest absolute Gasteiger partial charge is 0.417 e. The molecule has 29 heavy (non-hydrogen) atoms. The second-order valence-electron chi connectivity index (χ2n) is 6.47. The van der Waals surface area contributed by atoms with Crippen LogP contribution >= 0.6 is 11.6 Å². The first kappa shape index (κ1) is 19.4. The molecule has 0 radical (unpaired) electrons. The van der Waals surface area contributed by atoms with Crippen molar-refractivity contribution in [2.75, 3.05) is 6.61 Å². The van der Waals surface area contributed by atoms with E-state index in [0.29, 0.717) is 29.0 Å². The van der Waals surface area contributed by atoms with E-state index in [4.69, 9.17) is 16.7 Å². The molecule has 1 N–H and O–H groups in total. The molecule has 4 nitrogen and oxygen atoms in total. The Labute approximate surface area is 169 Å². The fraction of sp³-hybridized carbons (Fsp3) is 0.143. The van der Waals surface area contributed by atoms with Gasteiger partial charge in [0.25, 0.3) is 0 Å². The Morgan fingerprint density at radius 2 is 1.83 bits per heavy atom. The molecule has 2 aromatic carbocycles. The van der Waals surface area contributed by atoms with Crippen LogP contribution in [0.5, 0.6) is 0 Å². The van der Waals surface area contributed by atoms with Gasteiger partial charge in [-0.25, -0.2) is 4.98 Å². The van der Waals surface area contributed by atoms with Crippen molar-refractivity contribution >= 4 is 22.6 Å². The Bertz CT molecular complexity index is 1160. The molecule has 4 aromatic rings. The Hall–Kier alpha value is -2.90. The van der Waals surface area contributed by atoms with Crippen LogP contribution in [0.3, 0.4) is 0 Å². The summed E-state index contributed by atoms with van der Waals surface area (Å²) in [6.45, 7) is 0.0319. The highest BCUT2D eigenvalue weighted by molar-refractivity contribution is 6.32. The third-order valence-corrected chi connectivity index (χ3v) is 4.88. The van der Waals surface area contributed by atoms with Gasteiger partial charge in [-0.15, -0.1) is 0 Å². The summed E-state index contributed by atoms with van der Waals surface area (Å²) in [5, 5.41) is 8.71. The summed E-state index contributed by atoms with van der Waals surface area (Å²) < 4.78 is 41.6. The summed E-state index contributed by atoms with van der Waals surface area (Å²) in [7, 11) is 0. The zero-order valence-corrected chi connectivity index (χ0v) is 15.7. The van der Waals surface area contributed by atoms with Gasteiger partial charge in [-0.3, -0.25) is 9.55 Å². The topological polar surface area (TPSA) is 50.9 Å². The normalized spacial score (nSPS) is 11.9. The third-order valence-electron chi connectivity index (χ3n) is 4.56. The molecule has 0 fully saturated rings. The van der Waals surface area contributed by atoms with E-state index in [1.165, 1.54) is 6.07 Å². The van der Waals surface area contributed by atoms with Gasteiger partial charge in [-0.2, -0.15) is 13.2 Å². The Balaban J connectivity index is 1.98. The maximum Gasteiger partial charge on any atom is 0.417 e. The molecule has 4 rings (SSSR count). The van der Waals surface area contributed by atoms with E-state index in [9.17, 15) is 13.2 Å². The molecule has 0 saturated heterocycles. The lowest BCUT2D eigenvalue weighted by Crippen LogP contribution is -2.06. The number of alkyl halides is 3. The van der Waals surface area contributed by atoms with E-state index in [2.05, 4.69) is 9.97 Å². The highest BCUT2D eigenvalue weighted by atomic mass is 35.5. The van der Waals surface area contributed by atoms with Gasteiger partial charge in [-0.1, -0.05) is 23.7 Å². The molecule has 2 heterocycles. The third kappa shape index (κ3) is 3.71. The first-order valence-corrected chi connectivity index (χ1v) is 9.16. The molecule has 0 atom stereocenters. The fourth-order valence-electron chi connectivity index (χ4n) is 3.21. The van der Waals surface area contributed by atoms with E-state index in [0.717, 1.165) is 11.6 Å². The van der Waals surface area contributed by atoms with Crippen LogP contribution in [0.25, 0.3) is 28.1 Å². The highest BCUT2D eigenvalue weighted by Crippen LogP contribution is 2.38. The zero-order valence-electron chi connectivity index (χ0n) is 15.0. The predicted molar refractivity (Wildman–Crippen MR) is 105 cm³/mol. The number of hydrogen-bond acceptors (Lipinski definition) is 3. The Morgan fingerprint density at radius 3 is 2.45 bits per heavy atom. The van der Waals surface area contributed by atoms with Gasteiger partial charge in [-0.05, 0) is 48.4 Å². The number of imidazole rings is 1.